The zero-order valence-corrected chi connectivity index (χ0v) is 9.55. The first-order valence-corrected chi connectivity index (χ1v) is 9.69. The molecule has 0 aliphatic carbocycles. The summed E-state index contributed by atoms with van der Waals surface area (Å²) in [7, 11) is 8.83. The fraction of sp³-hybridized carbons (Fsp3) is 1.00. The summed E-state index contributed by atoms with van der Waals surface area (Å²) in [4.78, 5) is 0. The summed E-state index contributed by atoms with van der Waals surface area (Å²) in [6.45, 7) is 0. The van der Waals surface area contributed by atoms with E-state index in [4.69, 9.17) is 40.9 Å². The van der Waals surface area contributed by atoms with Crippen molar-refractivity contribution in [3.8, 4) is 0 Å². The van der Waals surface area contributed by atoms with Gasteiger partial charge in [0.25, 0.3) is 0 Å². The van der Waals surface area contributed by atoms with Gasteiger partial charge in [-0.15, -0.1) is 0 Å². The van der Waals surface area contributed by atoms with Gasteiger partial charge in [0.1, 0.15) is 0 Å². The molecule has 0 heterocycles. The quantitative estimate of drug-likeness (QED) is 0.391. The van der Waals surface area contributed by atoms with E-state index in [1.54, 1.807) is 0 Å². The molecule has 0 bridgehead atoms. The predicted octanol–water partition coefficient (Wildman–Crippen LogP) is 2.12. The van der Waals surface area contributed by atoms with Gasteiger partial charge in [-0.05, 0) is 0 Å². The zero-order chi connectivity index (χ0) is 10.6. The maximum absolute atomic E-state index is 10.7. The normalized spacial score (nSPS) is 11.6. The zero-order valence-electron chi connectivity index (χ0n) is 4.90. The van der Waals surface area contributed by atoms with E-state index in [0.29, 0.717) is 0 Å². The van der Waals surface area contributed by atoms with Crippen LogP contribution in [0.4, 0.5) is 13.2 Å². The van der Waals surface area contributed by atoms with Gasteiger partial charge in [-0.3, -0.25) is 0 Å². The molecule has 75 valence electrons. The van der Waals surface area contributed by atoms with E-state index < -0.39 is 30.3 Å². The van der Waals surface area contributed by atoms with Crippen LogP contribution < -0.4 is 0 Å². The fourth-order valence-corrected chi connectivity index (χ4v) is 0. The van der Waals surface area contributed by atoms with Crippen molar-refractivity contribution in [2.45, 2.75) is 5.51 Å². The van der Waals surface area contributed by atoms with E-state index in [2.05, 4.69) is 0 Å². The number of hydrogen-bond donors (Lipinski definition) is 0. The Labute approximate surface area is 84.0 Å². The van der Waals surface area contributed by atoms with Gasteiger partial charge >= 0.3 is 48.1 Å². The third kappa shape index (κ3) is 11.3. The third-order valence-corrected chi connectivity index (χ3v) is 0.850. The number of rotatable bonds is 0. The van der Waals surface area contributed by atoms with E-state index in [0.717, 1.165) is 0 Å². The van der Waals surface area contributed by atoms with Crippen molar-refractivity contribution >= 4 is 38.0 Å². The molecule has 3 nitrogen and oxygen atoms in total. The molecule has 0 saturated heterocycles. The second kappa shape index (κ2) is 5.90. The standard InChI is InChI=1S/CHF3O3S.3ClH.Ti/c2-1(3,4)8(5,6)7;;;;/h(H,5,6,7);3*1H;/q;;;;+3/p-4. The molecule has 0 rings (SSSR count). The van der Waals surface area contributed by atoms with Crippen molar-refractivity contribution in [3.63, 3.8) is 0 Å². The summed E-state index contributed by atoms with van der Waals surface area (Å²) in [5.74, 6) is 0. The molecule has 0 N–H and O–H groups in total. The van der Waals surface area contributed by atoms with Crippen LogP contribution >= 0.6 is 27.9 Å². The molecular formula is CCl3F3O3STi-. The fourth-order valence-electron chi connectivity index (χ4n) is 0. The molecule has 0 amide bonds. The average molecular weight is 303 g/mol. The van der Waals surface area contributed by atoms with E-state index in [9.17, 15) is 13.2 Å². The van der Waals surface area contributed by atoms with Crippen LogP contribution in [0.25, 0.3) is 0 Å². The van der Waals surface area contributed by atoms with Crippen LogP contribution in [0.3, 0.4) is 0 Å². The molecule has 0 radical (unpaired) electrons. The monoisotopic (exact) mass is 302 g/mol. The van der Waals surface area contributed by atoms with Gasteiger partial charge < -0.3 is 4.55 Å². The summed E-state index contributed by atoms with van der Waals surface area (Å²) >= 11 is -1.92. The minimum absolute atomic E-state index is 1.92. The van der Waals surface area contributed by atoms with Crippen molar-refractivity contribution in [2.24, 2.45) is 0 Å². The Kier molecular flexibility index (Phi) is 7.74. The van der Waals surface area contributed by atoms with Crippen LogP contribution in [-0.4, -0.2) is 18.5 Å². The summed E-state index contributed by atoms with van der Waals surface area (Å²) in [6, 6.07) is 0. The van der Waals surface area contributed by atoms with Crippen LogP contribution in [0.2, 0.25) is 0 Å². The van der Waals surface area contributed by atoms with E-state index in [1.165, 1.54) is 0 Å². The Balaban J connectivity index is 0. The Morgan fingerprint density at radius 1 is 1.17 bits per heavy atom. The van der Waals surface area contributed by atoms with Crippen LogP contribution in [0, 0.1) is 0 Å². The van der Waals surface area contributed by atoms with Gasteiger partial charge in [-0.1, -0.05) is 0 Å². The molecule has 0 aliphatic rings. The van der Waals surface area contributed by atoms with Gasteiger partial charge in [-0.25, -0.2) is 8.42 Å². The molecule has 0 aromatic carbocycles. The van der Waals surface area contributed by atoms with Crippen LogP contribution in [-0.2, 0) is 24.8 Å². The van der Waals surface area contributed by atoms with E-state index >= 15 is 0 Å². The molecule has 0 spiro atoms. The van der Waals surface area contributed by atoms with E-state index in [-0.39, 0.29) is 0 Å². The first-order chi connectivity index (χ1) is 4.98. The number of halogens is 6. The summed E-state index contributed by atoms with van der Waals surface area (Å²) in [5, 5.41) is 0. The molecule has 0 fully saturated rings. The molecule has 0 aliphatic heterocycles. The molecule has 12 heavy (non-hydrogen) atoms. The average Bonchev–Trinajstić information content (AvgIpc) is 1.55. The molecule has 0 aromatic heterocycles. The van der Waals surface area contributed by atoms with Crippen LogP contribution in [0.5, 0.6) is 0 Å². The molecule has 11 heteroatoms. The molecule has 0 atom stereocenters. The van der Waals surface area contributed by atoms with Crippen molar-refractivity contribution < 1.29 is 40.8 Å². The Bertz CT molecular complexity index is 209. The minimum atomic E-state index is -6.09. The maximum atomic E-state index is 10.7. The predicted molar refractivity (Wildman–Crippen MR) is 33.3 cm³/mol. The second-order valence-corrected chi connectivity index (χ2v) is 10.2. The molecular weight excluding hydrogens is 303 g/mol. The number of hydrogen-bond acceptors (Lipinski definition) is 3. The Hall–Kier alpha value is 1.28. The van der Waals surface area contributed by atoms with Gasteiger partial charge in [-0.2, -0.15) is 13.2 Å². The number of alkyl halides is 3. The molecule has 0 unspecified atom stereocenters. The first kappa shape index (κ1) is 15.7. The summed E-state index contributed by atoms with van der Waals surface area (Å²) in [6.07, 6.45) is 0. The summed E-state index contributed by atoms with van der Waals surface area (Å²) < 4.78 is 58.9. The first-order valence-electron chi connectivity index (χ1n) is 1.84. The topological polar surface area (TPSA) is 57.2 Å². The van der Waals surface area contributed by atoms with Crippen molar-refractivity contribution in [1.82, 2.24) is 0 Å². The third-order valence-electron chi connectivity index (χ3n) is 0.283. The van der Waals surface area contributed by atoms with Crippen molar-refractivity contribution in [2.75, 3.05) is 0 Å². The van der Waals surface area contributed by atoms with Gasteiger partial charge in [0.05, 0.1) is 0 Å². The summed E-state index contributed by atoms with van der Waals surface area (Å²) in [5.41, 5.74) is -5.65. The second-order valence-electron chi connectivity index (χ2n) is 1.11. The van der Waals surface area contributed by atoms with E-state index in [1.807, 2.05) is 0 Å². The Morgan fingerprint density at radius 2 is 1.25 bits per heavy atom. The molecule has 0 aromatic rings. The van der Waals surface area contributed by atoms with Crippen LogP contribution in [0.1, 0.15) is 0 Å². The Morgan fingerprint density at radius 3 is 1.25 bits per heavy atom. The van der Waals surface area contributed by atoms with Crippen molar-refractivity contribution in [3.05, 3.63) is 0 Å². The SMILES string of the molecule is O=S(=O)([O-])C(F)(F)F.[Cl][Ti]([Cl])[Cl]. The van der Waals surface area contributed by atoms with Gasteiger partial charge in [0, 0.05) is 0 Å². The molecule has 0 saturated carbocycles. The van der Waals surface area contributed by atoms with Crippen LogP contribution in [0.15, 0.2) is 0 Å². The van der Waals surface area contributed by atoms with Gasteiger partial charge in [0.2, 0.25) is 0 Å². The van der Waals surface area contributed by atoms with Gasteiger partial charge in [0.15, 0.2) is 10.1 Å². The van der Waals surface area contributed by atoms with Crippen molar-refractivity contribution in [1.29, 1.82) is 0 Å².